The number of furan rings is 1. The van der Waals surface area contributed by atoms with Gasteiger partial charge in [-0.2, -0.15) is 0 Å². The number of fused-ring (bicyclic) bond motifs is 3. The minimum absolute atomic E-state index is 0.0744. The van der Waals surface area contributed by atoms with Crippen LogP contribution in [0.25, 0.3) is 11.0 Å². The molecule has 0 radical (unpaired) electrons. The number of hydrogen-bond donors (Lipinski definition) is 1. The van der Waals surface area contributed by atoms with E-state index in [-0.39, 0.29) is 5.75 Å². The highest BCUT2D eigenvalue weighted by Crippen LogP contribution is 2.36. The molecular formula is C16H21NO3S. The Morgan fingerprint density at radius 1 is 1.38 bits per heavy atom. The van der Waals surface area contributed by atoms with Gasteiger partial charge >= 0.3 is 0 Å². The summed E-state index contributed by atoms with van der Waals surface area (Å²) >= 11 is 0. The van der Waals surface area contributed by atoms with Crippen LogP contribution in [0.5, 0.6) is 0 Å². The van der Waals surface area contributed by atoms with Gasteiger partial charge in [0, 0.05) is 17.4 Å². The smallest absolute Gasteiger partial charge is 0.232 e. The van der Waals surface area contributed by atoms with Crippen LogP contribution < -0.4 is 4.72 Å². The first-order valence-corrected chi connectivity index (χ1v) is 9.10. The molecular weight excluding hydrogens is 286 g/mol. The largest absolute Gasteiger partial charge is 0.461 e. The van der Waals surface area contributed by atoms with E-state index >= 15 is 0 Å². The van der Waals surface area contributed by atoms with Crippen molar-refractivity contribution in [3.63, 3.8) is 0 Å². The fourth-order valence-corrected chi connectivity index (χ4v) is 3.65. The third-order valence-corrected chi connectivity index (χ3v) is 5.57. The molecule has 0 amide bonds. The Kier molecular flexibility index (Phi) is 3.48. The Morgan fingerprint density at radius 3 is 2.86 bits per heavy atom. The quantitative estimate of drug-likeness (QED) is 0.942. The first kappa shape index (κ1) is 14.4. The van der Waals surface area contributed by atoms with E-state index < -0.39 is 10.0 Å². The maximum Gasteiger partial charge on any atom is 0.232 e. The van der Waals surface area contributed by atoms with Crippen LogP contribution in [-0.4, -0.2) is 14.2 Å². The van der Waals surface area contributed by atoms with Gasteiger partial charge in [-0.15, -0.1) is 0 Å². The number of rotatable bonds is 3. The Bertz CT molecular complexity index is 789. The Hall–Kier alpha value is -1.49. The molecule has 0 spiro atoms. The lowest BCUT2D eigenvalue weighted by Gasteiger charge is -2.16. The summed E-state index contributed by atoms with van der Waals surface area (Å²) in [6.07, 6.45) is 3.13. The van der Waals surface area contributed by atoms with Gasteiger partial charge in [-0.1, -0.05) is 6.92 Å². The van der Waals surface area contributed by atoms with E-state index in [9.17, 15) is 8.42 Å². The van der Waals surface area contributed by atoms with Crippen molar-refractivity contribution in [2.45, 2.75) is 40.0 Å². The summed E-state index contributed by atoms with van der Waals surface area (Å²) in [6, 6.07) is 3.87. The van der Waals surface area contributed by atoms with Crippen molar-refractivity contribution < 1.29 is 12.8 Å². The fourth-order valence-electron chi connectivity index (χ4n) is 2.95. The van der Waals surface area contributed by atoms with Crippen LogP contribution in [0, 0.1) is 12.8 Å². The Balaban J connectivity index is 2.11. The Morgan fingerprint density at radius 2 is 2.14 bits per heavy atom. The van der Waals surface area contributed by atoms with Crippen molar-refractivity contribution in [1.29, 1.82) is 0 Å². The van der Waals surface area contributed by atoms with Crippen molar-refractivity contribution in [2.75, 3.05) is 10.5 Å². The third kappa shape index (κ3) is 2.67. The second-order valence-corrected chi connectivity index (χ2v) is 8.03. The number of anilines is 1. The highest BCUT2D eigenvalue weighted by atomic mass is 32.2. The third-order valence-electron chi connectivity index (χ3n) is 4.28. The zero-order valence-electron chi connectivity index (χ0n) is 12.7. The number of nitrogens with one attached hydrogen (secondary N) is 1. The van der Waals surface area contributed by atoms with E-state index in [1.807, 2.05) is 19.1 Å². The van der Waals surface area contributed by atoms with Crippen LogP contribution in [0.15, 0.2) is 16.5 Å². The lowest BCUT2D eigenvalue weighted by Crippen LogP contribution is -2.15. The molecule has 3 rings (SSSR count). The molecule has 114 valence electrons. The molecule has 1 heterocycles. The van der Waals surface area contributed by atoms with Crippen LogP contribution in [-0.2, 0) is 22.9 Å². The molecule has 0 saturated carbocycles. The summed E-state index contributed by atoms with van der Waals surface area (Å²) in [5.74, 6) is 1.79. The summed E-state index contributed by atoms with van der Waals surface area (Å²) in [4.78, 5) is 0. The highest BCUT2D eigenvalue weighted by Gasteiger charge is 2.23. The summed E-state index contributed by atoms with van der Waals surface area (Å²) in [7, 11) is -3.26. The summed E-state index contributed by atoms with van der Waals surface area (Å²) in [6.45, 7) is 5.78. The van der Waals surface area contributed by atoms with E-state index in [4.69, 9.17) is 4.42 Å². The first-order valence-electron chi connectivity index (χ1n) is 7.45. The van der Waals surface area contributed by atoms with Crippen molar-refractivity contribution in [1.82, 2.24) is 0 Å². The molecule has 4 nitrogen and oxygen atoms in total. The topological polar surface area (TPSA) is 59.3 Å². The normalized spacial score (nSPS) is 18.7. The number of benzene rings is 1. The lowest BCUT2D eigenvalue weighted by atomic mass is 9.88. The van der Waals surface area contributed by atoms with Crippen molar-refractivity contribution in [3.8, 4) is 0 Å². The second kappa shape index (κ2) is 5.05. The molecule has 5 heteroatoms. The van der Waals surface area contributed by atoms with Gasteiger partial charge in [-0.05, 0) is 50.3 Å². The minimum atomic E-state index is -3.26. The second-order valence-electron chi connectivity index (χ2n) is 6.02. The highest BCUT2D eigenvalue weighted by molar-refractivity contribution is 7.92. The lowest BCUT2D eigenvalue weighted by molar-refractivity contribution is 0.438. The van der Waals surface area contributed by atoms with Gasteiger partial charge in [-0.3, -0.25) is 4.72 Å². The van der Waals surface area contributed by atoms with E-state index in [0.717, 1.165) is 41.6 Å². The van der Waals surface area contributed by atoms with Crippen molar-refractivity contribution in [3.05, 3.63) is 29.0 Å². The van der Waals surface area contributed by atoms with Crippen molar-refractivity contribution >= 4 is 26.7 Å². The van der Waals surface area contributed by atoms with E-state index in [1.54, 1.807) is 6.92 Å². The molecule has 0 aliphatic heterocycles. The monoisotopic (exact) mass is 307 g/mol. The maximum absolute atomic E-state index is 11.8. The molecule has 0 bridgehead atoms. The minimum Gasteiger partial charge on any atom is -0.461 e. The molecule has 1 aliphatic carbocycles. The van der Waals surface area contributed by atoms with E-state index in [1.165, 1.54) is 5.56 Å². The molecule has 0 saturated heterocycles. The number of sulfonamides is 1. The molecule has 1 unspecified atom stereocenters. The Labute approximate surface area is 125 Å². The summed E-state index contributed by atoms with van der Waals surface area (Å²) < 4.78 is 32.2. The first-order chi connectivity index (χ1) is 9.89. The fraction of sp³-hybridized carbons (Fsp3) is 0.500. The molecule has 0 fully saturated rings. The average Bonchev–Trinajstić information content (AvgIpc) is 2.76. The van der Waals surface area contributed by atoms with E-state index in [0.29, 0.717) is 11.6 Å². The molecule has 1 aromatic carbocycles. The summed E-state index contributed by atoms with van der Waals surface area (Å²) in [5, 5.41) is 1.05. The van der Waals surface area contributed by atoms with Gasteiger partial charge in [0.25, 0.3) is 0 Å². The van der Waals surface area contributed by atoms with Crippen LogP contribution in [0.4, 0.5) is 5.69 Å². The van der Waals surface area contributed by atoms with Gasteiger partial charge in [0.2, 0.25) is 10.0 Å². The van der Waals surface area contributed by atoms with Gasteiger partial charge < -0.3 is 4.42 Å². The molecule has 21 heavy (non-hydrogen) atoms. The molecule has 1 atom stereocenters. The predicted octanol–water partition coefficient (Wildman–Crippen LogP) is 3.63. The van der Waals surface area contributed by atoms with Gasteiger partial charge in [-0.25, -0.2) is 8.42 Å². The molecule has 1 aromatic heterocycles. The zero-order chi connectivity index (χ0) is 15.2. The van der Waals surface area contributed by atoms with Crippen LogP contribution in [0.3, 0.4) is 0 Å². The molecule has 1 aliphatic rings. The number of hydrogen-bond acceptors (Lipinski definition) is 3. The van der Waals surface area contributed by atoms with Crippen LogP contribution in [0.1, 0.15) is 37.2 Å². The van der Waals surface area contributed by atoms with Gasteiger partial charge in [0.05, 0.1) is 11.4 Å². The van der Waals surface area contributed by atoms with E-state index in [2.05, 4.69) is 11.6 Å². The zero-order valence-corrected chi connectivity index (χ0v) is 13.5. The summed E-state index contributed by atoms with van der Waals surface area (Å²) in [5.41, 5.74) is 3.66. The maximum atomic E-state index is 11.8. The standard InChI is InChI=1S/C16H21NO3S/c1-4-21(18,19)17-14-9-13-12-7-10(2)5-6-15(12)20-16(13)8-11(14)3/h8-10,17H,4-7H2,1-3H3. The predicted molar refractivity (Wildman–Crippen MR) is 85.2 cm³/mol. The van der Waals surface area contributed by atoms with Crippen LogP contribution in [0.2, 0.25) is 0 Å². The van der Waals surface area contributed by atoms with Gasteiger partial charge in [0.1, 0.15) is 11.3 Å². The van der Waals surface area contributed by atoms with Gasteiger partial charge in [0.15, 0.2) is 0 Å². The molecule has 2 aromatic rings. The SMILES string of the molecule is CCS(=O)(=O)Nc1cc2c3c(oc2cc1C)CCC(C)C3. The molecule has 1 N–H and O–H groups in total. The van der Waals surface area contributed by atoms with Crippen LogP contribution >= 0.6 is 0 Å². The number of aryl methyl sites for hydroxylation is 2. The van der Waals surface area contributed by atoms with Crippen molar-refractivity contribution in [2.24, 2.45) is 5.92 Å². The average molecular weight is 307 g/mol.